The number of nitrogens with one attached hydrogen (secondary N) is 4. The molecule has 5 nitrogen and oxygen atoms in total. The first-order chi connectivity index (χ1) is 11.5. The normalized spacial score (nSPS) is 11.3. The van der Waals surface area contributed by atoms with Crippen LogP contribution in [-0.2, 0) is 0 Å². The van der Waals surface area contributed by atoms with Crippen molar-refractivity contribution in [1.29, 1.82) is 0 Å². The third-order valence-corrected chi connectivity index (χ3v) is 3.98. The summed E-state index contributed by atoms with van der Waals surface area (Å²) in [4.78, 5) is 0. The topological polar surface area (TPSA) is 57.3 Å². The van der Waals surface area contributed by atoms with Gasteiger partial charge in [-0.05, 0) is 48.9 Å². The smallest absolute Gasteiger partial charge is 0.189 e. The lowest BCUT2D eigenvalue weighted by atomic mass is 10.0. The number of benzene rings is 1. The van der Waals surface area contributed by atoms with E-state index in [0.29, 0.717) is 16.1 Å². The average Bonchev–Trinajstić information content (AvgIpc) is 2.58. The monoisotopic (exact) mass is 368 g/mol. The first-order valence-electron chi connectivity index (χ1n) is 8.30. The van der Waals surface area contributed by atoms with Crippen molar-refractivity contribution in [3.05, 3.63) is 24.3 Å². The van der Waals surface area contributed by atoms with Crippen LogP contribution in [-0.4, -0.2) is 23.9 Å². The van der Waals surface area contributed by atoms with Gasteiger partial charge >= 0.3 is 0 Å². The highest BCUT2D eigenvalue weighted by Gasteiger charge is 2.04. The Balaban J connectivity index is 2.22. The highest BCUT2D eigenvalue weighted by molar-refractivity contribution is 7.80. The van der Waals surface area contributed by atoms with Crippen molar-refractivity contribution in [2.45, 2.75) is 39.5 Å². The van der Waals surface area contributed by atoms with Crippen LogP contribution in [0.15, 0.2) is 24.3 Å². The first kappa shape index (κ1) is 20.4. The zero-order valence-corrected chi connectivity index (χ0v) is 16.3. The van der Waals surface area contributed by atoms with Gasteiger partial charge in [0.25, 0.3) is 0 Å². The van der Waals surface area contributed by atoms with Crippen LogP contribution < -0.4 is 26.2 Å². The maximum absolute atomic E-state index is 5.24. The van der Waals surface area contributed by atoms with Crippen LogP contribution in [0.4, 0.5) is 5.69 Å². The average molecular weight is 369 g/mol. The standard InChI is InChI=1S/C17H28N4OS2/c1-4-5-6-8-13(2)12-18-16(23)20-21-17(24)19-14-9-7-10-15(11-14)22-3/h7,9-11,13H,4-6,8,12H2,1-3H3,(H2,18,20,23)(H2,19,21,24)/t13-/m0/s1. The van der Waals surface area contributed by atoms with E-state index in [4.69, 9.17) is 29.2 Å². The maximum atomic E-state index is 5.24. The van der Waals surface area contributed by atoms with E-state index in [9.17, 15) is 0 Å². The number of unbranched alkanes of at least 4 members (excludes halogenated alkanes) is 2. The zero-order chi connectivity index (χ0) is 17.8. The number of hydrogen-bond donors (Lipinski definition) is 4. The summed E-state index contributed by atoms with van der Waals surface area (Å²) in [7, 11) is 1.63. The molecule has 0 radical (unpaired) electrons. The van der Waals surface area contributed by atoms with Gasteiger partial charge in [0.1, 0.15) is 5.75 Å². The zero-order valence-electron chi connectivity index (χ0n) is 14.6. The van der Waals surface area contributed by atoms with Gasteiger partial charge in [0.05, 0.1) is 7.11 Å². The number of ether oxygens (including phenoxy) is 1. The summed E-state index contributed by atoms with van der Waals surface area (Å²) < 4.78 is 5.17. The molecule has 1 atom stereocenters. The fraction of sp³-hybridized carbons (Fsp3) is 0.529. The van der Waals surface area contributed by atoms with Gasteiger partial charge < -0.3 is 15.4 Å². The molecular formula is C17H28N4OS2. The van der Waals surface area contributed by atoms with E-state index in [1.807, 2.05) is 24.3 Å². The summed E-state index contributed by atoms with van der Waals surface area (Å²) >= 11 is 10.5. The molecule has 134 valence electrons. The molecular weight excluding hydrogens is 340 g/mol. The van der Waals surface area contributed by atoms with Crippen molar-refractivity contribution >= 4 is 40.3 Å². The first-order valence-corrected chi connectivity index (χ1v) is 9.11. The van der Waals surface area contributed by atoms with Crippen LogP contribution in [0.25, 0.3) is 0 Å². The van der Waals surface area contributed by atoms with E-state index in [-0.39, 0.29) is 0 Å². The van der Waals surface area contributed by atoms with Crippen molar-refractivity contribution in [2.75, 3.05) is 19.0 Å². The molecule has 0 heterocycles. The van der Waals surface area contributed by atoms with Crippen LogP contribution in [0.3, 0.4) is 0 Å². The molecule has 0 saturated carbocycles. The molecule has 0 aliphatic carbocycles. The number of methoxy groups -OCH3 is 1. The van der Waals surface area contributed by atoms with Crippen molar-refractivity contribution < 1.29 is 4.74 Å². The van der Waals surface area contributed by atoms with Gasteiger partial charge in [-0.2, -0.15) is 0 Å². The highest BCUT2D eigenvalue weighted by atomic mass is 32.1. The van der Waals surface area contributed by atoms with E-state index in [1.165, 1.54) is 25.7 Å². The number of anilines is 1. The van der Waals surface area contributed by atoms with Gasteiger partial charge in [0, 0.05) is 18.3 Å². The van der Waals surface area contributed by atoms with E-state index >= 15 is 0 Å². The molecule has 0 bridgehead atoms. The van der Waals surface area contributed by atoms with E-state index < -0.39 is 0 Å². The van der Waals surface area contributed by atoms with Gasteiger partial charge in [-0.1, -0.05) is 39.2 Å². The Hall–Kier alpha value is -1.60. The van der Waals surface area contributed by atoms with Crippen LogP contribution in [0.1, 0.15) is 39.5 Å². The SMILES string of the molecule is CCCCC[C@H](C)CNC(=S)NNC(=S)Nc1cccc(OC)c1. The lowest BCUT2D eigenvalue weighted by Gasteiger charge is -2.17. The van der Waals surface area contributed by atoms with E-state index in [1.54, 1.807) is 7.11 Å². The fourth-order valence-electron chi connectivity index (χ4n) is 2.13. The van der Waals surface area contributed by atoms with Crippen molar-refractivity contribution in [3.63, 3.8) is 0 Å². The minimum atomic E-state index is 0.434. The van der Waals surface area contributed by atoms with Crippen LogP contribution >= 0.6 is 24.4 Å². The van der Waals surface area contributed by atoms with Crippen molar-refractivity contribution in [2.24, 2.45) is 5.92 Å². The lowest BCUT2D eigenvalue weighted by molar-refractivity contribution is 0.415. The van der Waals surface area contributed by atoms with Gasteiger partial charge in [-0.3, -0.25) is 10.9 Å². The third-order valence-electron chi connectivity index (χ3n) is 3.53. The van der Waals surface area contributed by atoms with E-state index in [0.717, 1.165) is 18.0 Å². The lowest BCUT2D eigenvalue weighted by Crippen LogP contribution is -2.48. The summed E-state index contributed by atoms with van der Waals surface area (Å²) in [5.41, 5.74) is 6.60. The second kappa shape index (κ2) is 11.9. The maximum Gasteiger partial charge on any atom is 0.189 e. The Morgan fingerprint density at radius 1 is 1.17 bits per heavy atom. The number of rotatable bonds is 8. The summed E-state index contributed by atoms with van der Waals surface area (Å²) in [6.07, 6.45) is 5.03. The number of thiocarbonyl (C=S) groups is 2. The molecule has 4 N–H and O–H groups in total. The van der Waals surface area contributed by atoms with E-state index in [2.05, 4.69) is 35.3 Å². The molecule has 0 aromatic heterocycles. The Labute approximate surface area is 155 Å². The van der Waals surface area contributed by atoms with Crippen molar-refractivity contribution in [1.82, 2.24) is 16.2 Å². The minimum Gasteiger partial charge on any atom is -0.497 e. The molecule has 1 rings (SSSR count). The van der Waals surface area contributed by atoms with Gasteiger partial charge in [-0.15, -0.1) is 0 Å². The largest absolute Gasteiger partial charge is 0.497 e. The molecule has 1 aromatic rings. The molecule has 0 saturated heterocycles. The fourth-order valence-corrected chi connectivity index (χ4v) is 2.44. The molecule has 0 amide bonds. The predicted molar refractivity (Wildman–Crippen MR) is 109 cm³/mol. The van der Waals surface area contributed by atoms with Gasteiger partial charge in [0.15, 0.2) is 10.2 Å². The molecule has 0 aliphatic heterocycles. The summed E-state index contributed by atoms with van der Waals surface area (Å²) in [5, 5.41) is 7.23. The number of hydrazine groups is 1. The van der Waals surface area contributed by atoms with Crippen LogP contribution in [0, 0.1) is 5.92 Å². The molecule has 0 fully saturated rings. The Kier molecular flexibility index (Phi) is 10.1. The summed E-state index contributed by atoms with van der Waals surface area (Å²) in [5.74, 6) is 1.36. The number of hydrogen-bond acceptors (Lipinski definition) is 3. The van der Waals surface area contributed by atoms with Crippen molar-refractivity contribution in [3.8, 4) is 5.75 Å². The van der Waals surface area contributed by atoms with Gasteiger partial charge in [-0.25, -0.2) is 0 Å². The Morgan fingerprint density at radius 2 is 1.92 bits per heavy atom. The summed E-state index contributed by atoms with van der Waals surface area (Å²) in [6.45, 7) is 5.30. The molecule has 7 heteroatoms. The molecule has 0 spiro atoms. The Morgan fingerprint density at radius 3 is 2.62 bits per heavy atom. The van der Waals surface area contributed by atoms with Gasteiger partial charge in [0.2, 0.25) is 0 Å². The molecule has 24 heavy (non-hydrogen) atoms. The van der Waals surface area contributed by atoms with Crippen LogP contribution in [0.5, 0.6) is 5.75 Å². The highest BCUT2D eigenvalue weighted by Crippen LogP contribution is 2.16. The Bertz CT molecular complexity index is 525. The third kappa shape index (κ3) is 8.88. The molecule has 1 aromatic carbocycles. The minimum absolute atomic E-state index is 0.434. The molecule has 0 unspecified atom stereocenters. The summed E-state index contributed by atoms with van der Waals surface area (Å²) in [6, 6.07) is 7.54. The molecule has 0 aliphatic rings. The second-order valence-corrected chi connectivity index (χ2v) is 6.56. The second-order valence-electron chi connectivity index (χ2n) is 5.75. The predicted octanol–water partition coefficient (Wildman–Crippen LogP) is 3.58. The van der Waals surface area contributed by atoms with Crippen LogP contribution in [0.2, 0.25) is 0 Å². The quantitative estimate of drug-likeness (QED) is 0.318.